The Bertz CT molecular complexity index is 561. The molecule has 0 saturated heterocycles. The largest absolute Gasteiger partial charge is 0.379 e. The number of aromatic nitrogens is 1. The third kappa shape index (κ3) is 2.14. The molecular formula is C15H16FNO. The van der Waals surface area contributed by atoms with E-state index in [9.17, 15) is 9.50 Å². The Morgan fingerprint density at radius 2 is 1.89 bits per heavy atom. The van der Waals surface area contributed by atoms with E-state index in [1.807, 2.05) is 32.0 Å². The first-order valence-electron chi connectivity index (χ1n) is 5.84. The van der Waals surface area contributed by atoms with Gasteiger partial charge in [0.05, 0.1) is 11.9 Å². The highest BCUT2D eigenvalue weighted by atomic mass is 19.1. The lowest BCUT2D eigenvalue weighted by Gasteiger charge is -2.25. The predicted molar refractivity (Wildman–Crippen MR) is 68.8 cm³/mol. The van der Waals surface area contributed by atoms with E-state index in [1.165, 1.54) is 12.1 Å². The molecule has 0 aliphatic heterocycles. The van der Waals surface area contributed by atoms with Crippen molar-refractivity contribution in [2.24, 2.45) is 0 Å². The summed E-state index contributed by atoms with van der Waals surface area (Å²) in [5.74, 6) is -0.407. The quantitative estimate of drug-likeness (QED) is 0.882. The van der Waals surface area contributed by atoms with Crippen molar-refractivity contribution in [2.45, 2.75) is 26.4 Å². The van der Waals surface area contributed by atoms with Crippen LogP contribution in [0.3, 0.4) is 0 Å². The van der Waals surface area contributed by atoms with Crippen molar-refractivity contribution in [2.75, 3.05) is 0 Å². The van der Waals surface area contributed by atoms with E-state index in [4.69, 9.17) is 0 Å². The third-order valence-electron chi connectivity index (χ3n) is 3.36. The molecule has 94 valence electrons. The smallest absolute Gasteiger partial charge is 0.141 e. The van der Waals surface area contributed by atoms with Crippen LogP contribution in [-0.4, -0.2) is 10.1 Å². The molecular weight excluding hydrogens is 229 g/mol. The van der Waals surface area contributed by atoms with Crippen molar-refractivity contribution in [1.29, 1.82) is 0 Å². The average molecular weight is 245 g/mol. The summed E-state index contributed by atoms with van der Waals surface area (Å²) in [5, 5.41) is 10.7. The molecule has 0 aliphatic carbocycles. The fourth-order valence-electron chi connectivity index (χ4n) is 2.08. The van der Waals surface area contributed by atoms with Crippen LogP contribution in [0.15, 0.2) is 36.5 Å². The van der Waals surface area contributed by atoms with Crippen LogP contribution in [0.1, 0.15) is 29.3 Å². The number of pyridine rings is 1. The van der Waals surface area contributed by atoms with Gasteiger partial charge in [-0.1, -0.05) is 18.2 Å². The van der Waals surface area contributed by atoms with Gasteiger partial charge in [0.15, 0.2) is 0 Å². The van der Waals surface area contributed by atoms with E-state index in [1.54, 1.807) is 6.92 Å². The molecule has 2 nitrogen and oxygen atoms in total. The number of halogens is 1. The summed E-state index contributed by atoms with van der Waals surface area (Å²) in [7, 11) is 0. The number of hydrogen-bond acceptors (Lipinski definition) is 2. The van der Waals surface area contributed by atoms with Crippen molar-refractivity contribution in [3.8, 4) is 0 Å². The van der Waals surface area contributed by atoms with E-state index < -0.39 is 11.4 Å². The Morgan fingerprint density at radius 3 is 2.50 bits per heavy atom. The molecule has 1 unspecified atom stereocenters. The maximum Gasteiger partial charge on any atom is 0.141 e. The minimum Gasteiger partial charge on any atom is -0.379 e. The zero-order valence-corrected chi connectivity index (χ0v) is 10.7. The molecule has 1 aromatic heterocycles. The lowest BCUT2D eigenvalue weighted by atomic mass is 9.87. The fourth-order valence-corrected chi connectivity index (χ4v) is 2.08. The maximum absolute atomic E-state index is 12.9. The van der Waals surface area contributed by atoms with Crippen molar-refractivity contribution in [3.63, 3.8) is 0 Å². The molecule has 0 radical (unpaired) electrons. The van der Waals surface area contributed by atoms with Gasteiger partial charge in [-0.15, -0.1) is 0 Å². The molecule has 1 N–H and O–H groups in total. The zero-order valence-electron chi connectivity index (χ0n) is 10.7. The van der Waals surface area contributed by atoms with Gasteiger partial charge in [0, 0.05) is 0 Å². The summed E-state index contributed by atoms with van der Waals surface area (Å²) in [5.41, 5.74) is 2.15. The Balaban J connectivity index is 2.54. The van der Waals surface area contributed by atoms with Gasteiger partial charge in [0.2, 0.25) is 0 Å². The van der Waals surface area contributed by atoms with Crippen molar-refractivity contribution < 1.29 is 9.50 Å². The molecule has 2 rings (SSSR count). The zero-order chi connectivity index (χ0) is 13.3. The van der Waals surface area contributed by atoms with Crippen molar-refractivity contribution in [3.05, 3.63) is 64.7 Å². The number of benzene rings is 1. The second-order valence-electron chi connectivity index (χ2n) is 4.68. The lowest BCUT2D eigenvalue weighted by Crippen LogP contribution is -2.25. The molecule has 0 fully saturated rings. The number of rotatable bonds is 2. The standard InChI is InChI=1S/C15H16FNO/c1-10-5-4-6-13(11(10)2)15(3,18)14-8-7-12(16)9-17-14/h4-9,18H,1-3H3. The SMILES string of the molecule is Cc1cccc(C(C)(O)c2ccc(F)cn2)c1C. The van der Waals surface area contributed by atoms with Crippen molar-refractivity contribution >= 4 is 0 Å². The van der Waals surface area contributed by atoms with E-state index in [0.29, 0.717) is 5.69 Å². The Morgan fingerprint density at radius 1 is 1.17 bits per heavy atom. The van der Waals surface area contributed by atoms with Gasteiger partial charge < -0.3 is 5.11 Å². The number of aliphatic hydroxyl groups is 1. The van der Waals surface area contributed by atoms with Crippen LogP contribution in [0.5, 0.6) is 0 Å². The normalized spacial score (nSPS) is 14.3. The molecule has 2 aromatic rings. The van der Waals surface area contributed by atoms with Gasteiger partial charge in [0.25, 0.3) is 0 Å². The summed E-state index contributed by atoms with van der Waals surface area (Å²) >= 11 is 0. The third-order valence-corrected chi connectivity index (χ3v) is 3.36. The fraction of sp³-hybridized carbons (Fsp3) is 0.267. The van der Waals surface area contributed by atoms with E-state index in [2.05, 4.69) is 4.98 Å². The van der Waals surface area contributed by atoms with Crippen LogP contribution < -0.4 is 0 Å². The molecule has 0 bridgehead atoms. The number of nitrogens with zero attached hydrogens (tertiary/aromatic N) is 1. The predicted octanol–water partition coefficient (Wildman–Crippen LogP) is 3.09. The van der Waals surface area contributed by atoms with E-state index in [-0.39, 0.29) is 0 Å². The highest BCUT2D eigenvalue weighted by molar-refractivity contribution is 5.41. The molecule has 1 heterocycles. The summed E-state index contributed by atoms with van der Waals surface area (Å²) in [6, 6.07) is 8.58. The first-order valence-corrected chi connectivity index (χ1v) is 5.84. The molecule has 3 heteroatoms. The molecule has 0 saturated carbocycles. The molecule has 0 aliphatic rings. The molecule has 1 atom stereocenters. The maximum atomic E-state index is 12.9. The number of aryl methyl sites for hydroxylation is 1. The lowest BCUT2D eigenvalue weighted by molar-refractivity contribution is 0.0965. The Labute approximate surface area is 106 Å². The molecule has 18 heavy (non-hydrogen) atoms. The Kier molecular flexibility index (Phi) is 3.18. The summed E-state index contributed by atoms with van der Waals surface area (Å²) in [4.78, 5) is 3.97. The van der Waals surface area contributed by atoms with Gasteiger partial charge in [-0.25, -0.2) is 4.39 Å². The topological polar surface area (TPSA) is 33.1 Å². The summed E-state index contributed by atoms with van der Waals surface area (Å²) < 4.78 is 12.9. The first kappa shape index (κ1) is 12.7. The van der Waals surface area contributed by atoms with Crippen LogP contribution in [0, 0.1) is 19.7 Å². The Hall–Kier alpha value is -1.74. The van der Waals surface area contributed by atoms with Crippen LogP contribution in [0.4, 0.5) is 4.39 Å². The van der Waals surface area contributed by atoms with E-state index in [0.717, 1.165) is 22.9 Å². The first-order chi connectivity index (χ1) is 8.43. The summed E-state index contributed by atoms with van der Waals surface area (Å²) in [6.07, 6.45) is 1.12. The average Bonchev–Trinajstić information content (AvgIpc) is 2.33. The van der Waals surface area contributed by atoms with Crippen molar-refractivity contribution in [1.82, 2.24) is 4.98 Å². The minimum absolute atomic E-state index is 0.407. The minimum atomic E-state index is -1.22. The van der Waals surface area contributed by atoms with Gasteiger partial charge >= 0.3 is 0 Å². The molecule has 1 aromatic carbocycles. The van der Waals surface area contributed by atoms with Crippen LogP contribution >= 0.6 is 0 Å². The monoisotopic (exact) mass is 245 g/mol. The number of hydrogen-bond donors (Lipinski definition) is 1. The van der Waals surface area contributed by atoms with Crippen LogP contribution in [0.25, 0.3) is 0 Å². The van der Waals surface area contributed by atoms with Crippen LogP contribution in [0.2, 0.25) is 0 Å². The second-order valence-corrected chi connectivity index (χ2v) is 4.68. The second kappa shape index (κ2) is 4.50. The molecule has 0 spiro atoms. The van der Waals surface area contributed by atoms with Gasteiger partial charge in [-0.2, -0.15) is 0 Å². The molecule has 0 amide bonds. The van der Waals surface area contributed by atoms with E-state index >= 15 is 0 Å². The highest BCUT2D eigenvalue weighted by Gasteiger charge is 2.29. The van der Waals surface area contributed by atoms with Gasteiger partial charge in [-0.05, 0) is 49.6 Å². The summed E-state index contributed by atoms with van der Waals surface area (Å²) in [6.45, 7) is 5.63. The van der Waals surface area contributed by atoms with Crippen LogP contribution in [-0.2, 0) is 5.60 Å². The van der Waals surface area contributed by atoms with Gasteiger partial charge in [-0.3, -0.25) is 4.98 Å². The van der Waals surface area contributed by atoms with Gasteiger partial charge in [0.1, 0.15) is 11.4 Å². The highest BCUT2D eigenvalue weighted by Crippen LogP contribution is 2.31.